The summed E-state index contributed by atoms with van der Waals surface area (Å²) in [7, 11) is 1.59. The molecule has 82 valence electrons. The molecule has 0 fully saturated rings. The van der Waals surface area contributed by atoms with E-state index in [1.165, 1.54) is 4.68 Å². The molecule has 0 aliphatic carbocycles. The van der Waals surface area contributed by atoms with Gasteiger partial charge in [-0.1, -0.05) is 35.5 Å². The normalized spacial score (nSPS) is 10.1. The molecule has 1 N–H and O–H groups in total. The molecule has 0 atom stereocenters. The highest BCUT2D eigenvalue weighted by atomic mass is 16.1. The van der Waals surface area contributed by atoms with Gasteiger partial charge < -0.3 is 5.32 Å². The van der Waals surface area contributed by atoms with E-state index in [2.05, 4.69) is 15.6 Å². The summed E-state index contributed by atoms with van der Waals surface area (Å²) in [6.07, 6.45) is 1.75. The van der Waals surface area contributed by atoms with Crippen LogP contribution in [-0.4, -0.2) is 27.9 Å². The van der Waals surface area contributed by atoms with Crippen molar-refractivity contribution < 1.29 is 4.79 Å². The number of carbonyl (C=O) groups is 1. The van der Waals surface area contributed by atoms with E-state index in [9.17, 15) is 4.79 Å². The summed E-state index contributed by atoms with van der Waals surface area (Å²) in [5.41, 5.74) is 1.76. The van der Waals surface area contributed by atoms with E-state index in [1.807, 2.05) is 30.3 Å². The molecule has 0 radical (unpaired) electrons. The van der Waals surface area contributed by atoms with E-state index >= 15 is 0 Å². The molecule has 2 aromatic rings. The Hall–Kier alpha value is -2.17. The molecular weight excluding hydrogens is 204 g/mol. The van der Waals surface area contributed by atoms with Gasteiger partial charge in [-0.05, 0) is 0 Å². The number of rotatable bonds is 3. The van der Waals surface area contributed by atoms with Crippen molar-refractivity contribution in [2.75, 3.05) is 7.05 Å². The summed E-state index contributed by atoms with van der Waals surface area (Å²) in [6, 6.07) is 9.72. The van der Waals surface area contributed by atoms with Crippen molar-refractivity contribution in [2.24, 2.45) is 0 Å². The molecule has 0 aliphatic heterocycles. The number of carbonyl (C=O) groups excluding carboxylic acids is 1. The van der Waals surface area contributed by atoms with Gasteiger partial charge in [0.05, 0.1) is 6.20 Å². The van der Waals surface area contributed by atoms with Crippen molar-refractivity contribution in [1.82, 2.24) is 20.3 Å². The third-order valence-electron chi connectivity index (χ3n) is 2.19. The standard InChI is InChI=1S/C11H12N4O/c1-12-11(16)8-15-7-10(13-14-15)9-5-3-2-4-6-9/h2-7H,8H2,1H3,(H,12,16). The van der Waals surface area contributed by atoms with Crippen LogP contribution >= 0.6 is 0 Å². The average molecular weight is 216 g/mol. The quantitative estimate of drug-likeness (QED) is 0.821. The summed E-state index contributed by atoms with van der Waals surface area (Å²) in [5.74, 6) is -0.0930. The van der Waals surface area contributed by atoms with Crippen molar-refractivity contribution in [3.8, 4) is 11.3 Å². The van der Waals surface area contributed by atoms with Gasteiger partial charge in [-0.2, -0.15) is 0 Å². The molecule has 0 spiro atoms. The predicted octanol–water partition coefficient (Wildman–Crippen LogP) is 0.691. The Morgan fingerprint density at radius 1 is 1.38 bits per heavy atom. The van der Waals surface area contributed by atoms with Gasteiger partial charge in [-0.25, -0.2) is 4.68 Å². The van der Waals surface area contributed by atoms with Crippen molar-refractivity contribution in [1.29, 1.82) is 0 Å². The first-order valence-electron chi connectivity index (χ1n) is 4.96. The summed E-state index contributed by atoms with van der Waals surface area (Å²) < 4.78 is 1.52. The number of amides is 1. The van der Waals surface area contributed by atoms with Gasteiger partial charge >= 0.3 is 0 Å². The zero-order valence-corrected chi connectivity index (χ0v) is 8.92. The Labute approximate surface area is 93.1 Å². The Balaban J connectivity index is 2.17. The Morgan fingerprint density at radius 2 is 2.12 bits per heavy atom. The largest absolute Gasteiger partial charge is 0.358 e. The first-order valence-corrected chi connectivity index (χ1v) is 4.96. The van der Waals surface area contributed by atoms with Crippen molar-refractivity contribution in [3.63, 3.8) is 0 Å². The topological polar surface area (TPSA) is 59.8 Å². The lowest BCUT2D eigenvalue weighted by molar-refractivity contribution is -0.121. The maximum atomic E-state index is 11.1. The molecule has 16 heavy (non-hydrogen) atoms. The molecule has 0 saturated carbocycles. The summed E-state index contributed by atoms with van der Waals surface area (Å²) in [5, 5.41) is 10.4. The monoisotopic (exact) mass is 216 g/mol. The second-order valence-corrected chi connectivity index (χ2v) is 3.34. The van der Waals surface area contributed by atoms with Gasteiger partial charge in [0.2, 0.25) is 5.91 Å². The van der Waals surface area contributed by atoms with E-state index in [1.54, 1.807) is 13.2 Å². The number of hydrogen-bond acceptors (Lipinski definition) is 3. The first kappa shape index (κ1) is 10.4. The SMILES string of the molecule is CNC(=O)Cn1cc(-c2ccccc2)nn1. The summed E-state index contributed by atoms with van der Waals surface area (Å²) in [6.45, 7) is 0.191. The second-order valence-electron chi connectivity index (χ2n) is 3.34. The molecular formula is C11H12N4O. The van der Waals surface area contributed by atoms with E-state index in [-0.39, 0.29) is 12.5 Å². The van der Waals surface area contributed by atoms with Gasteiger partial charge in [-0.15, -0.1) is 5.10 Å². The highest BCUT2D eigenvalue weighted by Gasteiger charge is 2.05. The van der Waals surface area contributed by atoms with Crippen LogP contribution in [0.25, 0.3) is 11.3 Å². The van der Waals surface area contributed by atoms with Gasteiger partial charge in [0, 0.05) is 12.6 Å². The zero-order chi connectivity index (χ0) is 11.4. The minimum absolute atomic E-state index is 0.0930. The van der Waals surface area contributed by atoms with Crippen LogP contribution in [0.3, 0.4) is 0 Å². The van der Waals surface area contributed by atoms with E-state index < -0.39 is 0 Å². The Bertz CT molecular complexity index is 478. The lowest BCUT2D eigenvalue weighted by atomic mass is 10.2. The molecule has 2 rings (SSSR count). The molecule has 0 unspecified atom stereocenters. The lowest BCUT2D eigenvalue weighted by Gasteiger charge is -1.97. The average Bonchev–Trinajstić information content (AvgIpc) is 2.78. The van der Waals surface area contributed by atoms with Crippen LogP contribution in [0.4, 0.5) is 0 Å². The van der Waals surface area contributed by atoms with Crippen LogP contribution in [-0.2, 0) is 11.3 Å². The fourth-order valence-corrected chi connectivity index (χ4v) is 1.34. The van der Waals surface area contributed by atoms with Gasteiger partial charge in [0.25, 0.3) is 0 Å². The van der Waals surface area contributed by atoms with Crippen LogP contribution in [0.2, 0.25) is 0 Å². The molecule has 1 aromatic heterocycles. The van der Waals surface area contributed by atoms with E-state index in [4.69, 9.17) is 0 Å². The van der Waals surface area contributed by atoms with Crippen LogP contribution in [0.5, 0.6) is 0 Å². The summed E-state index contributed by atoms with van der Waals surface area (Å²) >= 11 is 0. The third kappa shape index (κ3) is 2.25. The van der Waals surface area contributed by atoms with Crippen molar-refractivity contribution in [2.45, 2.75) is 6.54 Å². The molecule has 1 aromatic carbocycles. The number of nitrogens with zero attached hydrogens (tertiary/aromatic N) is 3. The highest BCUT2D eigenvalue weighted by molar-refractivity contribution is 5.75. The molecule has 0 saturated heterocycles. The Kier molecular flexibility index (Phi) is 2.95. The van der Waals surface area contributed by atoms with Crippen molar-refractivity contribution >= 4 is 5.91 Å². The predicted molar refractivity (Wildman–Crippen MR) is 59.5 cm³/mol. The zero-order valence-electron chi connectivity index (χ0n) is 8.92. The van der Waals surface area contributed by atoms with Gasteiger partial charge in [0.15, 0.2) is 0 Å². The summed E-state index contributed by atoms with van der Waals surface area (Å²) in [4.78, 5) is 11.1. The van der Waals surface area contributed by atoms with Crippen LogP contribution in [0.15, 0.2) is 36.5 Å². The number of benzene rings is 1. The van der Waals surface area contributed by atoms with Crippen LogP contribution in [0.1, 0.15) is 0 Å². The first-order chi connectivity index (χ1) is 7.79. The molecule has 1 heterocycles. The van der Waals surface area contributed by atoms with Gasteiger partial charge in [-0.3, -0.25) is 4.79 Å². The van der Waals surface area contributed by atoms with E-state index in [0.29, 0.717) is 0 Å². The third-order valence-corrected chi connectivity index (χ3v) is 2.19. The fourth-order valence-electron chi connectivity index (χ4n) is 1.34. The smallest absolute Gasteiger partial charge is 0.241 e. The maximum Gasteiger partial charge on any atom is 0.241 e. The number of nitrogens with one attached hydrogen (secondary N) is 1. The minimum Gasteiger partial charge on any atom is -0.358 e. The van der Waals surface area contributed by atoms with Crippen LogP contribution < -0.4 is 5.32 Å². The van der Waals surface area contributed by atoms with Crippen LogP contribution in [0, 0.1) is 0 Å². The second kappa shape index (κ2) is 4.57. The molecule has 5 heteroatoms. The maximum absolute atomic E-state index is 11.1. The molecule has 0 bridgehead atoms. The number of aromatic nitrogens is 3. The minimum atomic E-state index is -0.0930. The highest BCUT2D eigenvalue weighted by Crippen LogP contribution is 2.14. The van der Waals surface area contributed by atoms with Gasteiger partial charge in [0.1, 0.15) is 12.2 Å². The molecule has 5 nitrogen and oxygen atoms in total. The Morgan fingerprint density at radius 3 is 2.81 bits per heavy atom. The fraction of sp³-hybridized carbons (Fsp3) is 0.182. The number of likely N-dealkylation sites (N-methyl/N-ethyl adjacent to an activating group) is 1. The lowest BCUT2D eigenvalue weighted by Crippen LogP contribution is -2.23. The molecule has 1 amide bonds. The van der Waals surface area contributed by atoms with Crippen molar-refractivity contribution in [3.05, 3.63) is 36.5 Å². The van der Waals surface area contributed by atoms with E-state index in [0.717, 1.165) is 11.3 Å². The number of hydrogen-bond donors (Lipinski definition) is 1. The molecule has 0 aliphatic rings.